The van der Waals surface area contributed by atoms with E-state index in [1.54, 1.807) is 34.3 Å². The van der Waals surface area contributed by atoms with Crippen molar-refractivity contribution in [2.75, 3.05) is 23.7 Å². The van der Waals surface area contributed by atoms with E-state index in [1.807, 2.05) is 18.7 Å². The maximum Gasteiger partial charge on any atom is 0.417 e. The molecule has 0 spiro atoms. The monoisotopic (exact) mass is 609 g/mol. The summed E-state index contributed by atoms with van der Waals surface area (Å²) in [5, 5.41) is 5.81. The van der Waals surface area contributed by atoms with E-state index in [1.165, 1.54) is 35.2 Å². The van der Waals surface area contributed by atoms with Crippen LogP contribution in [0.2, 0.25) is 5.02 Å². The third kappa shape index (κ3) is 5.95. The zero-order valence-electron chi connectivity index (χ0n) is 21.7. The number of nitrogens with one attached hydrogen (secondary N) is 2. The second-order valence-electron chi connectivity index (χ2n) is 9.82. The summed E-state index contributed by atoms with van der Waals surface area (Å²) in [4.78, 5) is 33.0. The topological polar surface area (TPSA) is 83.0 Å². The molecule has 2 aliphatic heterocycles. The summed E-state index contributed by atoms with van der Waals surface area (Å²) in [6, 6.07) is 7.91. The van der Waals surface area contributed by atoms with Gasteiger partial charge in [0.15, 0.2) is 0 Å². The molecule has 2 atom stereocenters. The van der Waals surface area contributed by atoms with Crippen LogP contribution in [0.3, 0.4) is 0 Å². The second kappa shape index (κ2) is 11.6. The van der Waals surface area contributed by atoms with Crippen molar-refractivity contribution in [2.45, 2.75) is 50.0 Å². The number of piperazine rings is 1. The van der Waals surface area contributed by atoms with Crippen LogP contribution in [0.4, 0.5) is 19.0 Å². The lowest BCUT2D eigenvalue weighted by atomic mass is 10.0. The van der Waals surface area contributed by atoms with Crippen LogP contribution >= 0.6 is 34.7 Å². The minimum Gasteiger partial charge on any atom is -0.353 e. The Morgan fingerprint density at radius 2 is 1.88 bits per heavy atom. The Bertz CT molecular complexity index is 1620. The van der Waals surface area contributed by atoms with Gasteiger partial charge in [0.05, 0.1) is 16.1 Å². The summed E-state index contributed by atoms with van der Waals surface area (Å²) in [5.41, 5.74) is -0.551. The van der Waals surface area contributed by atoms with Crippen molar-refractivity contribution >= 4 is 51.4 Å². The van der Waals surface area contributed by atoms with Crippen LogP contribution in [-0.4, -0.2) is 45.5 Å². The van der Waals surface area contributed by atoms with Crippen molar-refractivity contribution < 1.29 is 13.2 Å². The molecule has 0 radical (unpaired) electrons. The van der Waals surface area contributed by atoms with Gasteiger partial charge in [0.2, 0.25) is 5.56 Å². The Hall–Kier alpha value is -2.80. The highest BCUT2D eigenvalue weighted by atomic mass is 35.5. The molecule has 40 heavy (non-hydrogen) atoms. The zero-order valence-corrected chi connectivity index (χ0v) is 24.1. The number of rotatable bonds is 2. The molecular formula is C27H27ClF3N5O2S2. The van der Waals surface area contributed by atoms with Gasteiger partial charge < -0.3 is 15.2 Å². The number of halogens is 4. The highest BCUT2D eigenvalue weighted by molar-refractivity contribution is 7.99. The van der Waals surface area contributed by atoms with Crippen molar-refractivity contribution in [3.05, 3.63) is 73.3 Å². The van der Waals surface area contributed by atoms with Crippen molar-refractivity contribution in [2.24, 2.45) is 0 Å². The minimum atomic E-state index is -4.58. The van der Waals surface area contributed by atoms with Crippen molar-refractivity contribution in [1.82, 2.24) is 19.9 Å². The second-order valence-corrected chi connectivity index (χ2v) is 12.3. The molecule has 13 heteroatoms. The number of nitrogens with zero attached hydrogens (tertiary/aromatic N) is 3. The summed E-state index contributed by atoms with van der Waals surface area (Å²) in [6.07, 6.45) is -2.31. The first-order valence-electron chi connectivity index (χ1n) is 12.7. The minimum absolute atomic E-state index is 0.0532. The number of hydrogen-bond acceptors (Lipinski definition) is 7. The molecule has 0 amide bonds. The fourth-order valence-corrected chi connectivity index (χ4v) is 7.57. The van der Waals surface area contributed by atoms with Gasteiger partial charge in [0.1, 0.15) is 5.82 Å². The smallest absolute Gasteiger partial charge is 0.353 e. The fraction of sp³-hybridized carbons (Fsp3) is 0.370. The molecule has 212 valence electrons. The molecule has 2 N–H and O–H groups in total. The molecule has 2 unspecified atom stereocenters. The standard InChI is InChI=1S/C22H22ClF3N4OS2.C5H5NO/c1-11-8-29(9-12(2)27-11)20-14-7-15(22(24,25)26)17(16-6-13(23)10-33-16)19-18(14)30(21(31)28-20)4-3-5-32-19;7-5-3-1-2-4-6-5/h6-7,10-12,27H,3-5,8-9H2,1-2H3;1-4H,(H,6,7). The molecule has 1 fully saturated rings. The molecule has 2 aliphatic rings. The van der Waals surface area contributed by atoms with Gasteiger partial charge in [-0.1, -0.05) is 17.7 Å². The molecule has 6 rings (SSSR count). The van der Waals surface area contributed by atoms with Crippen molar-refractivity contribution in [3.63, 3.8) is 0 Å². The zero-order chi connectivity index (χ0) is 28.6. The molecule has 0 bridgehead atoms. The van der Waals surface area contributed by atoms with Crippen molar-refractivity contribution in [1.29, 1.82) is 0 Å². The predicted molar refractivity (Wildman–Crippen MR) is 156 cm³/mol. The van der Waals surface area contributed by atoms with Gasteiger partial charge in [-0.05, 0) is 44.2 Å². The lowest BCUT2D eigenvalue weighted by Gasteiger charge is -2.37. The van der Waals surface area contributed by atoms with Gasteiger partial charge in [-0.2, -0.15) is 18.2 Å². The number of hydrogen-bond donors (Lipinski definition) is 2. The van der Waals surface area contributed by atoms with Crippen LogP contribution in [0.1, 0.15) is 25.8 Å². The third-order valence-corrected chi connectivity index (χ3v) is 9.10. The number of benzene rings is 1. The Morgan fingerprint density at radius 3 is 2.45 bits per heavy atom. The van der Waals surface area contributed by atoms with Gasteiger partial charge in [0.25, 0.3) is 0 Å². The summed E-state index contributed by atoms with van der Waals surface area (Å²) in [6.45, 7) is 5.57. The van der Waals surface area contributed by atoms with E-state index < -0.39 is 17.4 Å². The first-order chi connectivity index (χ1) is 19.0. The van der Waals surface area contributed by atoms with Gasteiger partial charge in [-0.3, -0.25) is 9.36 Å². The van der Waals surface area contributed by atoms with E-state index in [0.717, 1.165) is 0 Å². The molecule has 0 aliphatic carbocycles. The van der Waals surface area contributed by atoms with E-state index in [9.17, 15) is 22.8 Å². The average molecular weight is 610 g/mol. The van der Waals surface area contributed by atoms with E-state index in [-0.39, 0.29) is 23.2 Å². The first kappa shape index (κ1) is 28.7. The highest BCUT2D eigenvalue weighted by Gasteiger charge is 2.38. The summed E-state index contributed by atoms with van der Waals surface area (Å²) in [5.74, 6) is 0.942. The van der Waals surface area contributed by atoms with Crippen LogP contribution in [0.25, 0.3) is 21.3 Å². The van der Waals surface area contributed by atoms with E-state index in [0.29, 0.717) is 63.3 Å². The normalized spacial score (nSPS) is 19.2. The Kier molecular flexibility index (Phi) is 8.32. The predicted octanol–water partition coefficient (Wildman–Crippen LogP) is 5.85. The quantitative estimate of drug-likeness (QED) is 0.297. The van der Waals surface area contributed by atoms with Gasteiger partial charge >= 0.3 is 11.9 Å². The van der Waals surface area contributed by atoms with E-state index in [4.69, 9.17) is 11.6 Å². The van der Waals surface area contributed by atoms with Gasteiger partial charge in [0, 0.05) is 70.1 Å². The number of alkyl halides is 3. The highest BCUT2D eigenvalue weighted by Crippen LogP contribution is 2.49. The number of anilines is 1. The Balaban J connectivity index is 0.000000403. The number of aromatic nitrogens is 3. The molecule has 0 saturated carbocycles. The summed E-state index contributed by atoms with van der Waals surface area (Å²) < 4.78 is 44.8. The number of H-pyrrole nitrogens is 1. The lowest BCUT2D eigenvalue weighted by Crippen LogP contribution is -2.55. The number of thioether (sulfide) groups is 1. The maximum absolute atomic E-state index is 14.4. The Morgan fingerprint density at radius 1 is 1.12 bits per heavy atom. The summed E-state index contributed by atoms with van der Waals surface area (Å²) >= 11 is 8.64. The SMILES string of the molecule is CC1CN(c2nc(=O)n3c4c(c(-c5cc(Cl)cs5)c(C(F)(F)F)cc24)SCCC3)CC(C)N1.O=c1cccc[nH]1. The maximum atomic E-state index is 14.4. The van der Waals surface area contributed by atoms with Gasteiger partial charge in [-0.15, -0.1) is 23.1 Å². The number of aryl methyl sites for hydroxylation is 1. The largest absolute Gasteiger partial charge is 0.417 e. The molecule has 1 aromatic carbocycles. The number of pyridine rings is 1. The summed E-state index contributed by atoms with van der Waals surface area (Å²) in [7, 11) is 0. The van der Waals surface area contributed by atoms with E-state index in [2.05, 4.69) is 15.3 Å². The number of thiophene rings is 1. The van der Waals surface area contributed by atoms with Crippen LogP contribution in [0.15, 0.2) is 56.4 Å². The molecule has 4 aromatic rings. The van der Waals surface area contributed by atoms with Crippen LogP contribution in [-0.2, 0) is 12.7 Å². The molecular weight excluding hydrogens is 583 g/mol. The van der Waals surface area contributed by atoms with Crippen molar-refractivity contribution in [3.8, 4) is 10.4 Å². The van der Waals surface area contributed by atoms with Crippen LogP contribution in [0, 0.1) is 0 Å². The Labute approximate surface area is 241 Å². The molecule has 5 heterocycles. The fourth-order valence-electron chi connectivity index (χ4n) is 5.17. The molecule has 1 saturated heterocycles. The van der Waals surface area contributed by atoms with Gasteiger partial charge in [-0.25, -0.2) is 4.79 Å². The lowest BCUT2D eigenvalue weighted by molar-refractivity contribution is -0.137. The van der Waals surface area contributed by atoms with Crippen LogP contribution in [0.5, 0.6) is 0 Å². The van der Waals surface area contributed by atoms with Crippen LogP contribution < -0.4 is 21.5 Å². The average Bonchev–Trinajstić information content (AvgIpc) is 3.19. The first-order valence-corrected chi connectivity index (χ1v) is 15.0. The number of aromatic amines is 1. The third-order valence-electron chi connectivity index (χ3n) is 6.63. The van der Waals surface area contributed by atoms with E-state index >= 15 is 0 Å². The molecule has 3 aromatic heterocycles. The molecule has 7 nitrogen and oxygen atoms in total.